The average Bonchev–Trinajstić information content (AvgIpc) is 3.65. The highest BCUT2D eigenvalue weighted by Gasteiger charge is 2.47. The van der Waals surface area contributed by atoms with E-state index >= 15 is 0 Å². The first-order valence-corrected chi connectivity index (χ1v) is 36.3. The summed E-state index contributed by atoms with van der Waals surface area (Å²) in [6.07, 6.45) is 64.7. The van der Waals surface area contributed by atoms with E-state index in [9.17, 15) is 35.1 Å². The van der Waals surface area contributed by atoms with E-state index in [4.69, 9.17) is 14.2 Å². The lowest BCUT2D eigenvalue weighted by molar-refractivity contribution is -0.305. The van der Waals surface area contributed by atoms with Gasteiger partial charge in [0.15, 0.2) is 12.4 Å². The second kappa shape index (κ2) is 61.1. The Balaban J connectivity index is 2.56. The van der Waals surface area contributed by atoms with E-state index in [0.717, 1.165) is 57.8 Å². The maximum atomic E-state index is 13.5. The van der Waals surface area contributed by atoms with E-state index in [0.29, 0.717) is 19.3 Å². The first-order chi connectivity index (χ1) is 41.2. The summed E-state index contributed by atoms with van der Waals surface area (Å²) >= 11 is 0. The Hall–Kier alpha value is -2.12. The molecule has 1 aliphatic rings. The van der Waals surface area contributed by atoms with Crippen LogP contribution in [0.3, 0.4) is 0 Å². The smallest absolute Gasteiger partial charge is 0.306 e. The maximum absolute atomic E-state index is 13.5. The van der Waals surface area contributed by atoms with Crippen molar-refractivity contribution in [3.63, 3.8) is 0 Å². The maximum Gasteiger partial charge on any atom is 0.306 e. The molecule has 1 rings (SSSR count). The molecule has 11 nitrogen and oxygen atoms in total. The number of aliphatic hydroxyl groups excluding tert-OH is 5. The number of carbonyl (C=O) groups is 2. The first-order valence-electron chi connectivity index (χ1n) is 36.3. The number of nitrogens with one attached hydrogen (secondary N) is 1. The second-order valence-electron chi connectivity index (χ2n) is 25.3. The van der Waals surface area contributed by atoms with Gasteiger partial charge in [-0.05, 0) is 77.0 Å². The zero-order chi connectivity index (χ0) is 61.0. The average molecular weight is 1190 g/mol. The minimum atomic E-state index is -1.61. The van der Waals surface area contributed by atoms with E-state index in [1.807, 2.05) is 6.08 Å². The van der Waals surface area contributed by atoms with Crippen molar-refractivity contribution in [2.24, 2.45) is 0 Å². The minimum Gasteiger partial charge on any atom is -0.454 e. The van der Waals surface area contributed by atoms with E-state index in [2.05, 4.69) is 50.4 Å². The normalized spacial score (nSPS) is 18.6. The Bertz CT molecular complexity index is 1510. The topological polar surface area (TPSA) is 175 Å². The number of hydrogen-bond donors (Lipinski definition) is 6. The van der Waals surface area contributed by atoms with E-state index < -0.39 is 67.4 Å². The van der Waals surface area contributed by atoms with Crippen molar-refractivity contribution in [3.8, 4) is 0 Å². The molecule has 1 aliphatic heterocycles. The van der Waals surface area contributed by atoms with Gasteiger partial charge < -0.3 is 45.1 Å². The fraction of sp³-hybridized carbons (Fsp3) is 0.890. The molecule has 0 aromatic heterocycles. The van der Waals surface area contributed by atoms with Crippen molar-refractivity contribution in [2.75, 3.05) is 13.2 Å². The van der Waals surface area contributed by atoms with Crippen LogP contribution < -0.4 is 5.32 Å². The summed E-state index contributed by atoms with van der Waals surface area (Å²) in [6, 6.07) is -1.02. The lowest BCUT2D eigenvalue weighted by atomic mass is 9.99. The Labute approximate surface area is 517 Å². The van der Waals surface area contributed by atoms with Crippen LogP contribution in [0.4, 0.5) is 0 Å². The van der Waals surface area contributed by atoms with Gasteiger partial charge >= 0.3 is 5.97 Å². The van der Waals surface area contributed by atoms with Gasteiger partial charge in [-0.3, -0.25) is 9.59 Å². The molecule has 8 unspecified atom stereocenters. The third-order valence-electron chi connectivity index (χ3n) is 17.3. The quantitative estimate of drug-likeness (QED) is 0.0195. The monoisotopic (exact) mass is 1190 g/mol. The zero-order valence-electron chi connectivity index (χ0n) is 55.0. The molecule has 8 atom stereocenters. The number of esters is 1. The third kappa shape index (κ3) is 47.9. The number of carbonyl (C=O) groups excluding carboxylic acids is 2. The van der Waals surface area contributed by atoms with Gasteiger partial charge in [-0.25, -0.2) is 0 Å². The van der Waals surface area contributed by atoms with Crippen LogP contribution in [0.1, 0.15) is 355 Å². The lowest BCUT2D eigenvalue weighted by Crippen LogP contribution is -2.61. The van der Waals surface area contributed by atoms with Gasteiger partial charge in [-0.1, -0.05) is 308 Å². The molecule has 1 fully saturated rings. The molecule has 0 bridgehead atoms. The Morgan fingerprint density at radius 1 is 0.452 bits per heavy atom. The van der Waals surface area contributed by atoms with E-state index in [-0.39, 0.29) is 13.0 Å². The van der Waals surface area contributed by atoms with Crippen molar-refractivity contribution < 1.29 is 49.3 Å². The predicted molar refractivity (Wildman–Crippen MR) is 352 cm³/mol. The van der Waals surface area contributed by atoms with Gasteiger partial charge in [0.05, 0.1) is 25.4 Å². The predicted octanol–water partition coefficient (Wildman–Crippen LogP) is 18.6. The molecule has 0 saturated carbocycles. The fourth-order valence-corrected chi connectivity index (χ4v) is 11.5. The molecule has 11 heteroatoms. The van der Waals surface area contributed by atoms with Crippen LogP contribution in [0.5, 0.6) is 0 Å². The Morgan fingerprint density at radius 3 is 1.15 bits per heavy atom. The third-order valence-corrected chi connectivity index (χ3v) is 17.3. The molecule has 0 aromatic rings. The zero-order valence-corrected chi connectivity index (χ0v) is 55.0. The van der Waals surface area contributed by atoms with Gasteiger partial charge in [0.25, 0.3) is 0 Å². The summed E-state index contributed by atoms with van der Waals surface area (Å²) in [5.41, 5.74) is 0. The van der Waals surface area contributed by atoms with Crippen LogP contribution in [-0.2, 0) is 23.8 Å². The molecule has 84 heavy (non-hydrogen) atoms. The van der Waals surface area contributed by atoms with Crippen LogP contribution in [0.15, 0.2) is 36.5 Å². The number of rotatable bonds is 63. The number of aliphatic hydroxyl groups is 5. The molecule has 6 N–H and O–H groups in total. The van der Waals surface area contributed by atoms with Gasteiger partial charge in [-0.2, -0.15) is 0 Å². The summed E-state index contributed by atoms with van der Waals surface area (Å²) in [5.74, 6) is -1.18. The van der Waals surface area contributed by atoms with Gasteiger partial charge in [0.1, 0.15) is 24.4 Å². The van der Waals surface area contributed by atoms with Crippen molar-refractivity contribution >= 4 is 11.9 Å². The first kappa shape index (κ1) is 79.9. The van der Waals surface area contributed by atoms with Gasteiger partial charge in [0.2, 0.25) is 5.91 Å². The summed E-state index contributed by atoms with van der Waals surface area (Å²) < 4.78 is 17.7. The van der Waals surface area contributed by atoms with Crippen LogP contribution in [-0.4, -0.2) is 99.6 Å². The van der Waals surface area contributed by atoms with Crippen molar-refractivity contribution in [1.29, 1.82) is 0 Å². The number of unbranched alkanes of at least 4 members (excludes halogenated alkanes) is 45. The standard InChI is InChI=1S/C73H137NO10/c1-4-7-10-13-16-19-22-25-27-29-31-33-34-35-37-39-41-43-46-49-52-55-58-61-68(78)84-71-70(80)69(79)67(62-75)83-73(71)82-63-64(65(76)59-56-53-50-47-44-24-21-18-15-12-9-6-3)74-72(81)66(77)60-57-54-51-48-45-42-40-38-36-32-30-28-26-23-20-17-14-11-8-5-2/h25-28,56,59,64-67,69-71,73,75-77,79-80H,4-24,29-55,57-58,60-63H2,1-3H3,(H,74,81)/b27-25+,28-26+,59-56+. The van der Waals surface area contributed by atoms with Crippen molar-refractivity contribution in [2.45, 2.75) is 404 Å². The molecule has 0 aliphatic carbocycles. The molecule has 0 spiro atoms. The van der Waals surface area contributed by atoms with E-state index in [1.54, 1.807) is 6.08 Å². The summed E-state index contributed by atoms with van der Waals surface area (Å²) in [6.45, 7) is 5.83. The molecule has 0 radical (unpaired) electrons. The van der Waals surface area contributed by atoms with Crippen molar-refractivity contribution in [3.05, 3.63) is 36.5 Å². The largest absolute Gasteiger partial charge is 0.454 e. The fourth-order valence-electron chi connectivity index (χ4n) is 11.5. The lowest BCUT2D eigenvalue weighted by Gasteiger charge is -2.41. The van der Waals surface area contributed by atoms with Crippen LogP contribution >= 0.6 is 0 Å². The van der Waals surface area contributed by atoms with Gasteiger partial charge in [-0.15, -0.1) is 0 Å². The molecular weight excluding hydrogens is 1050 g/mol. The highest BCUT2D eigenvalue weighted by Crippen LogP contribution is 2.26. The number of ether oxygens (including phenoxy) is 3. The molecule has 1 saturated heterocycles. The van der Waals surface area contributed by atoms with Crippen LogP contribution in [0.25, 0.3) is 0 Å². The summed E-state index contributed by atoms with van der Waals surface area (Å²) in [5, 5.41) is 57.3. The Morgan fingerprint density at radius 2 is 0.786 bits per heavy atom. The van der Waals surface area contributed by atoms with Crippen LogP contribution in [0, 0.1) is 0 Å². The highest BCUT2D eigenvalue weighted by atomic mass is 16.7. The number of allylic oxidation sites excluding steroid dienone is 5. The second-order valence-corrected chi connectivity index (χ2v) is 25.3. The SMILES string of the molecule is CCCCCCCC/C=C/CCCCCCCCCCCCCCCC(=O)OC1C(OCC(NC(=O)C(O)CCCCCCCCCCCC/C=C/CCCCCCCC)C(O)/C=C/CCCCCCCCCCCC)OC(CO)C(O)C1O. The Kier molecular flexibility index (Phi) is 58.1. The summed E-state index contributed by atoms with van der Waals surface area (Å²) in [4.78, 5) is 26.7. The highest BCUT2D eigenvalue weighted by molar-refractivity contribution is 5.80. The molecule has 1 amide bonds. The summed E-state index contributed by atoms with van der Waals surface area (Å²) in [7, 11) is 0. The van der Waals surface area contributed by atoms with Crippen molar-refractivity contribution in [1.82, 2.24) is 5.32 Å². The molecule has 494 valence electrons. The van der Waals surface area contributed by atoms with Gasteiger partial charge in [0, 0.05) is 6.42 Å². The number of hydrogen-bond acceptors (Lipinski definition) is 10. The minimum absolute atomic E-state index is 0.127. The molecule has 0 aromatic carbocycles. The molecular formula is C73H137NO10. The molecule has 1 heterocycles. The van der Waals surface area contributed by atoms with E-state index in [1.165, 1.54) is 250 Å². The number of amides is 1. The van der Waals surface area contributed by atoms with Crippen LogP contribution in [0.2, 0.25) is 0 Å².